The highest BCUT2D eigenvalue weighted by molar-refractivity contribution is 7.99. The number of hydrogen-bond acceptors (Lipinski definition) is 8. The molecule has 4 rings (SSSR count). The summed E-state index contributed by atoms with van der Waals surface area (Å²) in [4.78, 5) is 21.8. The first kappa shape index (κ1) is 21.7. The largest absolute Gasteiger partial charge is 0.496 e. The molecule has 0 aliphatic carbocycles. The minimum absolute atomic E-state index is 0.146. The van der Waals surface area contributed by atoms with Gasteiger partial charge in [-0.2, -0.15) is 4.52 Å². The van der Waals surface area contributed by atoms with E-state index in [1.165, 1.54) is 11.8 Å². The van der Waals surface area contributed by atoms with Crippen LogP contribution in [-0.2, 0) is 11.3 Å². The van der Waals surface area contributed by atoms with Gasteiger partial charge in [-0.3, -0.25) is 4.79 Å². The lowest BCUT2D eigenvalue weighted by Gasteiger charge is -2.14. The van der Waals surface area contributed by atoms with Gasteiger partial charge in [-0.1, -0.05) is 23.9 Å². The monoisotopic (exact) mass is 453 g/mol. The molecular formula is C22H23N5O4S. The fourth-order valence-corrected chi connectivity index (χ4v) is 4.11. The minimum atomic E-state index is -0.146. The van der Waals surface area contributed by atoms with Crippen molar-refractivity contribution in [2.75, 3.05) is 27.1 Å². The molecule has 0 radical (unpaired) electrons. The Morgan fingerprint density at radius 3 is 2.50 bits per heavy atom. The number of thioether (sulfide) groups is 1. The van der Waals surface area contributed by atoms with E-state index in [1.807, 2.05) is 31.2 Å². The number of methoxy groups -OCH3 is 3. The van der Waals surface area contributed by atoms with Crippen LogP contribution >= 0.6 is 11.8 Å². The summed E-state index contributed by atoms with van der Waals surface area (Å²) in [5.74, 6) is 2.41. The van der Waals surface area contributed by atoms with Crippen molar-refractivity contribution in [2.45, 2.75) is 18.6 Å². The van der Waals surface area contributed by atoms with Crippen molar-refractivity contribution in [3.63, 3.8) is 0 Å². The molecule has 0 saturated heterocycles. The van der Waals surface area contributed by atoms with E-state index in [9.17, 15) is 4.79 Å². The number of carbonyl (C=O) groups excluding carboxylic acids is 1. The molecule has 166 valence electrons. The maximum Gasteiger partial charge on any atom is 0.230 e. The van der Waals surface area contributed by atoms with Crippen molar-refractivity contribution >= 4 is 34.2 Å². The van der Waals surface area contributed by atoms with Crippen LogP contribution in [0.4, 0.5) is 0 Å². The van der Waals surface area contributed by atoms with Crippen molar-refractivity contribution in [1.82, 2.24) is 24.9 Å². The molecule has 1 N–H and O–H groups in total. The van der Waals surface area contributed by atoms with E-state index in [0.29, 0.717) is 28.2 Å². The first-order valence-electron chi connectivity index (χ1n) is 9.84. The number of aromatic nitrogens is 4. The summed E-state index contributed by atoms with van der Waals surface area (Å²) in [6, 6.07) is 11.3. The Labute approximate surface area is 189 Å². The Balaban J connectivity index is 1.48. The van der Waals surface area contributed by atoms with Gasteiger partial charge < -0.3 is 19.5 Å². The van der Waals surface area contributed by atoms with E-state index in [4.69, 9.17) is 14.2 Å². The highest BCUT2D eigenvalue weighted by atomic mass is 32.2. The fourth-order valence-electron chi connectivity index (χ4n) is 3.33. The van der Waals surface area contributed by atoms with E-state index in [2.05, 4.69) is 20.4 Å². The number of nitrogens with zero attached hydrogens (tertiary/aromatic N) is 4. The number of hydrogen-bond donors (Lipinski definition) is 1. The zero-order valence-electron chi connectivity index (χ0n) is 18.2. The van der Waals surface area contributed by atoms with Crippen molar-refractivity contribution in [1.29, 1.82) is 0 Å². The SMILES string of the molecule is COc1cc(OC)c(OC)cc1CNC(=O)CSc1nc2ccccc2c2nc(C)nn12. The number of rotatable bonds is 8. The normalized spacial score (nSPS) is 11.0. The molecule has 0 atom stereocenters. The second kappa shape index (κ2) is 9.31. The Morgan fingerprint density at radius 1 is 1.03 bits per heavy atom. The summed E-state index contributed by atoms with van der Waals surface area (Å²) in [5, 5.41) is 8.88. The van der Waals surface area contributed by atoms with Crippen LogP contribution < -0.4 is 19.5 Å². The van der Waals surface area contributed by atoms with Crippen LogP contribution in [0, 0.1) is 6.92 Å². The van der Waals surface area contributed by atoms with E-state index < -0.39 is 0 Å². The van der Waals surface area contributed by atoms with Gasteiger partial charge in [0.1, 0.15) is 11.6 Å². The third-order valence-electron chi connectivity index (χ3n) is 4.85. The lowest BCUT2D eigenvalue weighted by atomic mass is 10.1. The first-order valence-corrected chi connectivity index (χ1v) is 10.8. The van der Waals surface area contributed by atoms with Gasteiger partial charge >= 0.3 is 0 Å². The van der Waals surface area contributed by atoms with Gasteiger partial charge in [0.15, 0.2) is 22.3 Å². The molecule has 4 aromatic rings. The van der Waals surface area contributed by atoms with Crippen LogP contribution in [0.2, 0.25) is 0 Å². The smallest absolute Gasteiger partial charge is 0.230 e. The zero-order valence-corrected chi connectivity index (χ0v) is 19.0. The lowest BCUT2D eigenvalue weighted by molar-refractivity contribution is -0.118. The summed E-state index contributed by atoms with van der Waals surface area (Å²) >= 11 is 1.31. The molecule has 2 aromatic heterocycles. The average molecular weight is 454 g/mol. The van der Waals surface area contributed by atoms with E-state index in [0.717, 1.165) is 22.1 Å². The van der Waals surface area contributed by atoms with Crippen LogP contribution in [0.25, 0.3) is 16.6 Å². The number of amides is 1. The van der Waals surface area contributed by atoms with Gasteiger partial charge in [-0.05, 0) is 25.1 Å². The minimum Gasteiger partial charge on any atom is -0.496 e. The molecule has 1 amide bonds. The second-order valence-electron chi connectivity index (χ2n) is 6.89. The molecule has 0 saturated carbocycles. The van der Waals surface area contributed by atoms with Crippen molar-refractivity contribution in [2.24, 2.45) is 0 Å². The van der Waals surface area contributed by atoms with Gasteiger partial charge in [0.05, 0.1) is 32.6 Å². The number of para-hydroxylation sites is 1. The van der Waals surface area contributed by atoms with Crippen LogP contribution in [0.3, 0.4) is 0 Å². The first-order chi connectivity index (χ1) is 15.5. The molecule has 0 aliphatic rings. The Hall–Kier alpha value is -3.53. The highest BCUT2D eigenvalue weighted by Gasteiger charge is 2.15. The van der Waals surface area contributed by atoms with Crippen LogP contribution in [0.5, 0.6) is 17.2 Å². The number of benzene rings is 2. The van der Waals surface area contributed by atoms with Crippen LogP contribution in [0.1, 0.15) is 11.4 Å². The van der Waals surface area contributed by atoms with Crippen LogP contribution in [0.15, 0.2) is 41.6 Å². The summed E-state index contributed by atoms with van der Waals surface area (Å²) in [6.07, 6.45) is 0. The molecule has 32 heavy (non-hydrogen) atoms. The standard InChI is InChI=1S/C22H23N5O4S/c1-13-24-21-15-7-5-6-8-16(15)25-22(27(21)26-13)32-12-20(28)23-11-14-9-18(30-3)19(31-4)10-17(14)29-2/h5-10H,11-12H2,1-4H3,(H,23,28). The van der Waals surface area contributed by atoms with E-state index in [-0.39, 0.29) is 18.2 Å². The van der Waals surface area contributed by atoms with Crippen molar-refractivity contribution in [3.8, 4) is 17.2 Å². The average Bonchev–Trinajstić information content (AvgIpc) is 3.22. The number of carbonyl (C=O) groups is 1. The van der Waals surface area contributed by atoms with Crippen molar-refractivity contribution < 1.29 is 19.0 Å². The Kier molecular flexibility index (Phi) is 6.31. The predicted molar refractivity (Wildman–Crippen MR) is 122 cm³/mol. The molecule has 10 heteroatoms. The van der Waals surface area contributed by atoms with Gasteiger partial charge in [0, 0.05) is 23.6 Å². The van der Waals surface area contributed by atoms with E-state index >= 15 is 0 Å². The van der Waals surface area contributed by atoms with Gasteiger partial charge in [0.25, 0.3) is 0 Å². The van der Waals surface area contributed by atoms with E-state index in [1.54, 1.807) is 38.0 Å². The summed E-state index contributed by atoms with van der Waals surface area (Å²) < 4.78 is 17.8. The zero-order chi connectivity index (χ0) is 22.7. The number of ether oxygens (including phenoxy) is 3. The predicted octanol–water partition coefficient (Wildman–Crippen LogP) is 3.02. The number of nitrogens with one attached hydrogen (secondary N) is 1. The Morgan fingerprint density at radius 2 is 1.75 bits per heavy atom. The molecule has 9 nitrogen and oxygen atoms in total. The molecule has 2 heterocycles. The molecule has 2 aromatic carbocycles. The lowest BCUT2D eigenvalue weighted by Crippen LogP contribution is -2.25. The Bertz CT molecular complexity index is 1290. The number of fused-ring (bicyclic) bond motifs is 3. The molecular weight excluding hydrogens is 430 g/mol. The van der Waals surface area contributed by atoms with Crippen molar-refractivity contribution in [3.05, 3.63) is 47.8 Å². The molecule has 0 aliphatic heterocycles. The summed E-state index contributed by atoms with van der Waals surface area (Å²) in [5.41, 5.74) is 2.32. The maximum absolute atomic E-state index is 12.6. The molecule has 0 fully saturated rings. The molecule has 0 bridgehead atoms. The maximum atomic E-state index is 12.6. The third kappa shape index (κ3) is 4.26. The highest BCUT2D eigenvalue weighted by Crippen LogP contribution is 2.34. The fraction of sp³-hybridized carbons (Fsp3) is 0.273. The number of aryl methyl sites for hydroxylation is 1. The quantitative estimate of drug-likeness (QED) is 0.321. The van der Waals surface area contributed by atoms with Gasteiger partial charge in [-0.25, -0.2) is 9.97 Å². The summed E-state index contributed by atoms with van der Waals surface area (Å²) in [6.45, 7) is 2.12. The summed E-state index contributed by atoms with van der Waals surface area (Å²) in [7, 11) is 4.69. The van der Waals surface area contributed by atoms with Gasteiger partial charge in [-0.15, -0.1) is 5.10 Å². The topological polar surface area (TPSA) is 99.9 Å². The second-order valence-corrected chi connectivity index (χ2v) is 7.83. The molecule has 0 unspecified atom stereocenters. The van der Waals surface area contributed by atoms with Crippen LogP contribution in [-0.4, -0.2) is 52.6 Å². The van der Waals surface area contributed by atoms with Gasteiger partial charge in [0.2, 0.25) is 5.91 Å². The third-order valence-corrected chi connectivity index (χ3v) is 5.78. The molecule has 0 spiro atoms.